The number of aliphatic carboxylic acids is 1. The van der Waals surface area contributed by atoms with Crippen molar-refractivity contribution in [1.29, 1.82) is 0 Å². The standard InChI is InChI=1S/C8H16N2O6S/c1-5(4-17(2,15)16)10-8(14)9-3-6(11)7(12)13/h5-6,11H,3-4H2,1-2H3,(H,12,13)(H2,9,10,14). The van der Waals surface area contributed by atoms with Crippen LogP contribution in [0.3, 0.4) is 0 Å². The summed E-state index contributed by atoms with van der Waals surface area (Å²) in [5, 5.41) is 21.6. The SMILES string of the molecule is CC(CS(C)(=O)=O)NC(=O)NCC(O)C(=O)O. The molecule has 0 rings (SSSR count). The topological polar surface area (TPSA) is 133 Å². The molecule has 2 amide bonds. The second kappa shape index (κ2) is 6.40. The zero-order chi connectivity index (χ0) is 13.6. The fourth-order valence-corrected chi connectivity index (χ4v) is 2.04. The maximum Gasteiger partial charge on any atom is 0.334 e. The second-order valence-electron chi connectivity index (χ2n) is 3.70. The van der Waals surface area contributed by atoms with E-state index >= 15 is 0 Å². The van der Waals surface area contributed by atoms with E-state index in [1.807, 2.05) is 0 Å². The summed E-state index contributed by atoms with van der Waals surface area (Å²) in [6.45, 7) is 1.04. The van der Waals surface area contributed by atoms with Crippen LogP contribution in [0.4, 0.5) is 4.79 Å². The number of carboxylic acids is 1. The van der Waals surface area contributed by atoms with Gasteiger partial charge >= 0.3 is 12.0 Å². The van der Waals surface area contributed by atoms with Gasteiger partial charge in [-0.15, -0.1) is 0 Å². The highest BCUT2D eigenvalue weighted by Gasteiger charge is 2.16. The lowest BCUT2D eigenvalue weighted by molar-refractivity contribution is -0.146. The van der Waals surface area contributed by atoms with Gasteiger partial charge in [0.15, 0.2) is 6.10 Å². The smallest absolute Gasteiger partial charge is 0.334 e. The van der Waals surface area contributed by atoms with E-state index in [-0.39, 0.29) is 5.75 Å². The number of hydrogen-bond donors (Lipinski definition) is 4. The molecule has 0 aromatic carbocycles. The average molecular weight is 268 g/mol. The Labute approximate surface area is 98.9 Å². The first-order chi connectivity index (χ1) is 7.61. The van der Waals surface area contributed by atoms with E-state index in [1.54, 1.807) is 0 Å². The molecule has 0 bridgehead atoms. The van der Waals surface area contributed by atoms with E-state index in [0.717, 1.165) is 6.26 Å². The normalized spacial score (nSPS) is 14.8. The number of aliphatic hydroxyl groups excluding tert-OH is 1. The van der Waals surface area contributed by atoms with Gasteiger partial charge in [0.2, 0.25) is 0 Å². The van der Waals surface area contributed by atoms with Gasteiger partial charge in [-0.1, -0.05) is 0 Å². The Kier molecular flexibility index (Phi) is 5.89. The summed E-state index contributed by atoms with van der Waals surface area (Å²) >= 11 is 0. The molecule has 0 aliphatic heterocycles. The van der Waals surface area contributed by atoms with Crippen LogP contribution in [0.15, 0.2) is 0 Å². The molecule has 0 aromatic rings. The average Bonchev–Trinajstić information content (AvgIpc) is 2.10. The summed E-state index contributed by atoms with van der Waals surface area (Å²) in [7, 11) is -3.20. The van der Waals surface area contributed by atoms with Gasteiger partial charge in [0.05, 0.1) is 12.3 Å². The van der Waals surface area contributed by atoms with E-state index in [2.05, 4.69) is 10.6 Å². The lowest BCUT2D eigenvalue weighted by Crippen LogP contribution is -2.46. The van der Waals surface area contributed by atoms with Crippen molar-refractivity contribution in [3.05, 3.63) is 0 Å². The highest BCUT2D eigenvalue weighted by atomic mass is 32.2. The number of nitrogens with one attached hydrogen (secondary N) is 2. The maximum atomic E-state index is 11.1. The van der Waals surface area contributed by atoms with E-state index in [1.165, 1.54) is 6.92 Å². The van der Waals surface area contributed by atoms with Gasteiger partial charge in [0.25, 0.3) is 0 Å². The van der Waals surface area contributed by atoms with Crippen molar-refractivity contribution in [2.45, 2.75) is 19.1 Å². The monoisotopic (exact) mass is 268 g/mol. The summed E-state index contributed by atoms with van der Waals surface area (Å²) in [6, 6.07) is -1.34. The Hall–Kier alpha value is -1.35. The van der Waals surface area contributed by atoms with Crippen molar-refractivity contribution >= 4 is 21.8 Å². The third-order valence-electron chi connectivity index (χ3n) is 1.67. The quantitative estimate of drug-likeness (QED) is 0.447. The minimum atomic E-state index is -3.20. The third-order valence-corrected chi connectivity index (χ3v) is 2.78. The summed E-state index contributed by atoms with van der Waals surface area (Å²) < 4.78 is 21.8. The number of carboxylic acid groups (broad SMARTS) is 1. The number of urea groups is 1. The molecule has 2 atom stereocenters. The van der Waals surface area contributed by atoms with E-state index in [0.29, 0.717) is 0 Å². The zero-order valence-corrected chi connectivity index (χ0v) is 10.3. The number of sulfone groups is 1. The predicted molar refractivity (Wildman–Crippen MR) is 59.3 cm³/mol. The fourth-order valence-electron chi connectivity index (χ4n) is 1.05. The van der Waals surface area contributed by atoms with Gasteiger partial charge in [0.1, 0.15) is 9.84 Å². The first kappa shape index (κ1) is 15.7. The largest absolute Gasteiger partial charge is 0.479 e. The molecule has 0 aliphatic carbocycles. The molecule has 9 heteroatoms. The van der Waals surface area contributed by atoms with Crippen molar-refractivity contribution in [3.8, 4) is 0 Å². The molecule has 8 nitrogen and oxygen atoms in total. The minimum Gasteiger partial charge on any atom is -0.479 e. The number of rotatable bonds is 6. The van der Waals surface area contributed by atoms with Gasteiger partial charge in [-0.05, 0) is 6.92 Å². The molecule has 0 fully saturated rings. The van der Waals surface area contributed by atoms with Crippen molar-refractivity contribution in [2.75, 3.05) is 18.6 Å². The van der Waals surface area contributed by atoms with Crippen LogP contribution >= 0.6 is 0 Å². The Morgan fingerprint density at radius 1 is 1.35 bits per heavy atom. The number of aliphatic hydroxyl groups is 1. The van der Waals surface area contributed by atoms with Crippen LogP contribution in [-0.4, -0.2) is 61.3 Å². The Morgan fingerprint density at radius 2 is 1.88 bits per heavy atom. The van der Waals surface area contributed by atoms with Gasteiger partial charge in [-0.2, -0.15) is 0 Å². The molecular weight excluding hydrogens is 252 g/mol. The Morgan fingerprint density at radius 3 is 2.29 bits per heavy atom. The molecule has 2 unspecified atom stereocenters. The van der Waals surface area contributed by atoms with Crippen LogP contribution in [-0.2, 0) is 14.6 Å². The van der Waals surface area contributed by atoms with Gasteiger partial charge < -0.3 is 20.8 Å². The minimum absolute atomic E-state index is 0.220. The van der Waals surface area contributed by atoms with Gasteiger partial charge in [-0.25, -0.2) is 18.0 Å². The summed E-state index contributed by atoms with van der Waals surface area (Å²) in [5.41, 5.74) is 0. The fraction of sp³-hybridized carbons (Fsp3) is 0.750. The van der Waals surface area contributed by atoms with Crippen LogP contribution in [0.5, 0.6) is 0 Å². The van der Waals surface area contributed by atoms with Crippen LogP contribution in [0.2, 0.25) is 0 Å². The maximum absolute atomic E-state index is 11.1. The third kappa shape index (κ3) is 8.46. The molecule has 0 heterocycles. The van der Waals surface area contributed by atoms with Crippen molar-refractivity contribution in [1.82, 2.24) is 10.6 Å². The van der Waals surface area contributed by atoms with Crippen LogP contribution in [0.1, 0.15) is 6.92 Å². The van der Waals surface area contributed by atoms with Crippen molar-refractivity contribution in [3.63, 3.8) is 0 Å². The van der Waals surface area contributed by atoms with Crippen LogP contribution in [0.25, 0.3) is 0 Å². The molecule has 4 N–H and O–H groups in total. The molecule has 0 saturated heterocycles. The molecule has 0 aliphatic rings. The van der Waals surface area contributed by atoms with Gasteiger partial charge in [-0.3, -0.25) is 0 Å². The highest BCUT2D eigenvalue weighted by Crippen LogP contribution is 1.90. The summed E-state index contributed by atoms with van der Waals surface area (Å²) in [4.78, 5) is 21.4. The van der Waals surface area contributed by atoms with Crippen LogP contribution < -0.4 is 10.6 Å². The van der Waals surface area contributed by atoms with Crippen molar-refractivity contribution in [2.24, 2.45) is 0 Å². The molecule has 0 aromatic heterocycles. The summed E-state index contributed by atoms with van der Waals surface area (Å²) in [5.74, 6) is -1.67. The lowest BCUT2D eigenvalue weighted by atomic mass is 10.3. The Bertz CT molecular complexity index is 379. The van der Waals surface area contributed by atoms with E-state index < -0.39 is 40.5 Å². The zero-order valence-electron chi connectivity index (χ0n) is 9.50. The highest BCUT2D eigenvalue weighted by molar-refractivity contribution is 7.90. The summed E-state index contributed by atoms with van der Waals surface area (Å²) in [6.07, 6.45) is -0.650. The lowest BCUT2D eigenvalue weighted by Gasteiger charge is -2.14. The van der Waals surface area contributed by atoms with Crippen molar-refractivity contribution < 1.29 is 28.2 Å². The number of hydrogen-bond acceptors (Lipinski definition) is 5. The molecular formula is C8H16N2O6S. The first-order valence-corrected chi connectivity index (χ1v) is 6.81. The molecule has 0 saturated carbocycles. The Balaban J connectivity index is 3.99. The van der Waals surface area contributed by atoms with E-state index in [9.17, 15) is 18.0 Å². The number of carbonyl (C=O) groups is 2. The van der Waals surface area contributed by atoms with Gasteiger partial charge in [0, 0.05) is 12.3 Å². The van der Waals surface area contributed by atoms with E-state index in [4.69, 9.17) is 10.2 Å². The molecule has 0 radical (unpaired) electrons. The second-order valence-corrected chi connectivity index (χ2v) is 5.89. The van der Waals surface area contributed by atoms with Crippen LogP contribution in [0, 0.1) is 0 Å². The molecule has 0 spiro atoms. The first-order valence-electron chi connectivity index (χ1n) is 4.75. The molecule has 17 heavy (non-hydrogen) atoms. The number of carbonyl (C=O) groups excluding carboxylic acids is 1. The number of amides is 2. The predicted octanol–water partition coefficient (Wildman–Crippen LogP) is -1.84. The molecule has 100 valence electrons.